The molecule has 120 valence electrons. The molecule has 2 aromatic rings. The van der Waals surface area contributed by atoms with Gasteiger partial charge in [-0.15, -0.1) is 0 Å². The first-order chi connectivity index (χ1) is 11.0. The number of hydrogen-bond donors (Lipinski definition) is 0. The van der Waals surface area contributed by atoms with Crippen LogP contribution in [0.25, 0.3) is 0 Å². The Morgan fingerprint density at radius 3 is 2.61 bits per heavy atom. The molecule has 4 nitrogen and oxygen atoms in total. The molecule has 0 fully saturated rings. The van der Waals surface area contributed by atoms with Gasteiger partial charge in [0.05, 0.1) is 0 Å². The normalized spacial score (nSPS) is 16.3. The standard InChI is InChI=1S/C19H20O4/c1-12(2)15-9-8-14(10-13(15)3)22-19(20)18-11-21-16-6-4-5-7-17(16)23-18/h4-10,12,18H,11H2,1-3H3/t18-/m1/s1. The minimum absolute atomic E-state index is 0.152. The van der Waals surface area contributed by atoms with Crippen molar-refractivity contribution in [3.8, 4) is 17.2 Å². The molecule has 0 N–H and O–H groups in total. The second kappa shape index (κ2) is 6.32. The van der Waals surface area contributed by atoms with Gasteiger partial charge in [-0.1, -0.05) is 32.0 Å². The quantitative estimate of drug-likeness (QED) is 0.637. The van der Waals surface area contributed by atoms with Crippen molar-refractivity contribution < 1.29 is 19.0 Å². The summed E-state index contributed by atoms with van der Waals surface area (Å²) < 4.78 is 16.6. The number of esters is 1. The highest BCUT2D eigenvalue weighted by molar-refractivity contribution is 5.78. The van der Waals surface area contributed by atoms with Crippen molar-refractivity contribution in [2.24, 2.45) is 0 Å². The minimum atomic E-state index is -0.755. The lowest BCUT2D eigenvalue weighted by Gasteiger charge is -2.25. The molecule has 1 aliphatic rings. The smallest absolute Gasteiger partial charge is 0.356 e. The Morgan fingerprint density at radius 1 is 1.17 bits per heavy atom. The van der Waals surface area contributed by atoms with Crippen LogP contribution in [0.2, 0.25) is 0 Å². The van der Waals surface area contributed by atoms with E-state index in [2.05, 4.69) is 13.8 Å². The number of benzene rings is 2. The van der Waals surface area contributed by atoms with Crippen LogP contribution in [0.1, 0.15) is 30.9 Å². The lowest BCUT2D eigenvalue weighted by Crippen LogP contribution is -2.39. The van der Waals surface area contributed by atoms with Crippen LogP contribution in [0.15, 0.2) is 42.5 Å². The molecule has 0 bridgehead atoms. The molecule has 23 heavy (non-hydrogen) atoms. The van der Waals surface area contributed by atoms with Gasteiger partial charge in [-0.25, -0.2) is 4.79 Å². The molecule has 0 saturated carbocycles. The van der Waals surface area contributed by atoms with Gasteiger partial charge in [-0.3, -0.25) is 0 Å². The van der Waals surface area contributed by atoms with Crippen LogP contribution in [0.5, 0.6) is 17.2 Å². The van der Waals surface area contributed by atoms with E-state index in [9.17, 15) is 4.79 Å². The second-order valence-electron chi connectivity index (χ2n) is 5.96. The van der Waals surface area contributed by atoms with Crippen LogP contribution in [-0.4, -0.2) is 18.7 Å². The number of rotatable bonds is 3. The maximum absolute atomic E-state index is 12.3. The molecule has 2 aromatic carbocycles. The molecule has 1 aliphatic heterocycles. The number of carbonyl (C=O) groups is 1. The highest BCUT2D eigenvalue weighted by atomic mass is 16.6. The summed E-state index contributed by atoms with van der Waals surface area (Å²) in [6.45, 7) is 6.44. The Hall–Kier alpha value is -2.49. The maximum atomic E-state index is 12.3. The third kappa shape index (κ3) is 3.31. The van der Waals surface area contributed by atoms with E-state index in [1.807, 2.05) is 43.3 Å². The Morgan fingerprint density at radius 2 is 1.91 bits per heavy atom. The summed E-state index contributed by atoms with van der Waals surface area (Å²) in [5.74, 6) is 1.72. The zero-order valence-corrected chi connectivity index (χ0v) is 13.5. The summed E-state index contributed by atoms with van der Waals surface area (Å²) >= 11 is 0. The number of carbonyl (C=O) groups excluding carboxylic acids is 1. The van der Waals surface area contributed by atoms with Gasteiger partial charge in [0.1, 0.15) is 12.4 Å². The lowest BCUT2D eigenvalue weighted by molar-refractivity contribution is -0.144. The first-order valence-corrected chi connectivity index (χ1v) is 7.75. The fourth-order valence-electron chi connectivity index (χ4n) is 2.68. The molecular weight excluding hydrogens is 292 g/mol. The van der Waals surface area contributed by atoms with Gasteiger partial charge in [0.2, 0.25) is 6.10 Å². The zero-order valence-electron chi connectivity index (χ0n) is 13.5. The average Bonchev–Trinajstić information content (AvgIpc) is 2.54. The van der Waals surface area contributed by atoms with E-state index in [4.69, 9.17) is 14.2 Å². The van der Waals surface area contributed by atoms with E-state index in [0.717, 1.165) is 5.56 Å². The van der Waals surface area contributed by atoms with Crippen LogP contribution in [0.4, 0.5) is 0 Å². The zero-order chi connectivity index (χ0) is 16.4. The molecule has 0 saturated heterocycles. The Kier molecular flexibility index (Phi) is 4.24. The lowest BCUT2D eigenvalue weighted by atomic mass is 9.98. The van der Waals surface area contributed by atoms with Gasteiger partial charge in [0.25, 0.3) is 0 Å². The third-order valence-electron chi connectivity index (χ3n) is 3.85. The predicted molar refractivity (Wildman–Crippen MR) is 87.3 cm³/mol. The largest absolute Gasteiger partial charge is 0.485 e. The van der Waals surface area contributed by atoms with E-state index in [0.29, 0.717) is 23.2 Å². The van der Waals surface area contributed by atoms with E-state index in [-0.39, 0.29) is 6.61 Å². The number of ether oxygens (including phenoxy) is 3. The molecule has 0 aromatic heterocycles. The van der Waals surface area contributed by atoms with E-state index < -0.39 is 12.1 Å². The molecule has 0 unspecified atom stereocenters. The molecule has 1 heterocycles. The fourth-order valence-corrected chi connectivity index (χ4v) is 2.68. The Bertz CT molecular complexity index is 721. The van der Waals surface area contributed by atoms with Gasteiger partial charge < -0.3 is 14.2 Å². The summed E-state index contributed by atoms with van der Waals surface area (Å²) in [4.78, 5) is 12.3. The summed E-state index contributed by atoms with van der Waals surface area (Å²) in [6.07, 6.45) is -0.755. The van der Waals surface area contributed by atoms with Crippen molar-refractivity contribution in [1.29, 1.82) is 0 Å². The van der Waals surface area contributed by atoms with Gasteiger partial charge >= 0.3 is 5.97 Å². The molecule has 0 aliphatic carbocycles. The molecule has 0 radical (unpaired) electrons. The average molecular weight is 312 g/mol. The van der Waals surface area contributed by atoms with Crippen molar-refractivity contribution >= 4 is 5.97 Å². The molecule has 1 atom stereocenters. The second-order valence-corrected chi connectivity index (χ2v) is 5.96. The molecular formula is C19H20O4. The van der Waals surface area contributed by atoms with Crippen LogP contribution in [-0.2, 0) is 4.79 Å². The van der Waals surface area contributed by atoms with E-state index >= 15 is 0 Å². The third-order valence-corrected chi connectivity index (χ3v) is 3.85. The molecule has 0 spiro atoms. The van der Waals surface area contributed by atoms with Gasteiger partial charge in [-0.05, 0) is 48.2 Å². The van der Waals surface area contributed by atoms with Crippen LogP contribution in [0, 0.1) is 6.92 Å². The van der Waals surface area contributed by atoms with E-state index in [1.165, 1.54) is 5.56 Å². The first kappa shape index (κ1) is 15.4. The number of aryl methyl sites for hydroxylation is 1. The molecule has 4 heteroatoms. The van der Waals surface area contributed by atoms with E-state index in [1.54, 1.807) is 6.07 Å². The summed E-state index contributed by atoms with van der Waals surface area (Å²) in [7, 11) is 0. The van der Waals surface area contributed by atoms with Crippen LogP contribution in [0.3, 0.4) is 0 Å². The topological polar surface area (TPSA) is 44.8 Å². The first-order valence-electron chi connectivity index (χ1n) is 7.75. The van der Waals surface area contributed by atoms with Gasteiger partial charge in [0, 0.05) is 0 Å². The van der Waals surface area contributed by atoms with Crippen molar-refractivity contribution in [2.75, 3.05) is 6.61 Å². The number of hydrogen-bond acceptors (Lipinski definition) is 4. The van der Waals surface area contributed by atoms with Crippen molar-refractivity contribution in [2.45, 2.75) is 32.8 Å². The SMILES string of the molecule is Cc1cc(OC(=O)[C@H]2COc3ccccc3O2)ccc1C(C)C. The predicted octanol–water partition coefficient (Wildman–Crippen LogP) is 3.86. The highest BCUT2D eigenvalue weighted by Crippen LogP contribution is 2.31. The molecule has 0 amide bonds. The minimum Gasteiger partial charge on any atom is -0.485 e. The fraction of sp³-hybridized carbons (Fsp3) is 0.316. The van der Waals surface area contributed by atoms with Crippen molar-refractivity contribution in [1.82, 2.24) is 0 Å². The Balaban J connectivity index is 1.69. The van der Waals surface area contributed by atoms with Crippen LogP contribution >= 0.6 is 0 Å². The number of fused-ring (bicyclic) bond motifs is 1. The number of para-hydroxylation sites is 2. The highest BCUT2D eigenvalue weighted by Gasteiger charge is 2.29. The van der Waals surface area contributed by atoms with Crippen molar-refractivity contribution in [3.05, 3.63) is 53.6 Å². The summed E-state index contributed by atoms with van der Waals surface area (Å²) in [6, 6.07) is 13.0. The maximum Gasteiger partial charge on any atom is 0.356 e. The Labute approximate surface area is 136 Å². The summed E-state index contributed by atoms with van der Waals surface area (Å²) in [5.41, 5.74) is 2.35. The monoisotopic (exact) mass is 312 g/mol. The van der Waals surface area contributed by atoms with Crippen LogP contribution < -0.4 is 14.2 Å². The van der Waals surface area contributed by atoms with Gasteiger partial charge in [0.15, 0.2) is 11.5 Å². The molecule has 3 rings (SSSR count). The van der Waals surface area contributed by atoms with Crippen molar-refractivity contribution in [3.63, 3.8) is 0 Å². The van der Waals surface area contributed by atoms with Gasteiger partial charge in [-0.2, -0.15) is 0 Å². The summed E-state index contributed by atoms with van der Waals surface area (Å²) in [5, 5.41) is 0.